The van der Waals surface area contributed by atoms with Gasteiger partial charge in [-0.15, -0.1) is 0 Å². The van der Waals surface area contributed by atoms with Gasteiger partial charge in [-0.1, -0.05) is 13.8 Å². The average molecular weight is 253 g/mol. The summed E-state index contributed by atoms with van der Waals surface area (Å²) in [5, 5.41) is 10.1. The number of alkyl halides is 3. The van der Waals surface area contributed by atoms with Crippen LogP contribution in [0, 0.1) is 5.92 Å². The molecule has 17 heavy (non-hydrogen) atoms. The van der Waals surface area contributed by atoms with Crippen LogP contribution in [-0.4, -0.2) is 41.4 Å². The van der Waals surface area contributed by atoms with Gasteiger partial charge in [-0.3, -0.25) is 0 Å². The lowest BCUT2D eigenvalue weighted by molar-refractivity contribution is -0.150. The predicted molar refractivity (Wildman–Crippen MR) is 60.8 cm³/mol. The van der Waals surface area contributed by atoms with Crippen molar-refractivity contribution in [3.63, 3.8) is 0 Å². The van der Waals surface area contributed by atoms with E-state index in [1.165, 1.54) is 0 Å². The highest BCUT2D eigenvalue weighted by atomic mass is 19.4. The molecule has 0 aromatic carbocycles. The molecule has 1 fully saturated rings. The van der Waals surface area contributed by atoms with Crippen molar-refractivity contribution in [1.82, 2.24) is 4.90 Å². The van der Waals surface area contributed by atoms with Gasteiger partial charge in [0.1, 0.15) is 0 Å². The SMILES string of the molecule is CC(C)CN1CCC(O)(CCC(F)(F)F)CC1. The van der Waals surface area contributed by atoms with Gasteiger partial charge in [0.2, 0.25) is 0 Å². The third-order valence-electron chi connectivity index (χ3n) is 3.28. The summed E-state index contributed by atoms with van der Waals surface area (Å²) in [6.07, 6.45) is -4.30. The summed E-state index contributed by atoms with van der Waals surface area (Å²) in [4.78, 5) is 2.22. The molecule has 1 aliphatic heterocycles. The van der Waals surface area contributed by atoms with Crippen LogP contribution in [0.3, 0.4) is 0 Å². The van der Waals surface area contributed by atoms with E-state index in [4.69, 9.17) is 0 Å². The maximum atomic E-state index is 12.1. The minimum atomic E-state index is -4.16. The van der Waals surface area contributed by atoms with E-state index in [2.05, 4.69) is 18.7 Å². The van der Waals surface area contributed by atoms with E-state index in [-0.39, 0.29) is 6.42 Å². The summed E-state index contributed by atoms with van der Waals surface area (Å²) in [6, 6.07) is 0. The first kappa shape index (κ1) is 14.8. The molecule has 1 heterocycles. The zero-order valence-electron chi connectivity index (χ0n) is 10.6. The van der Waals surface area contributed by atoms with E-state index in [1.807, 2.05) is 0 Å². The third kappa shape index (κ3) is 5.73. The zero-order chi connectivity index (χ0) is 13.1. The van der Waals surface area contributed by atoms with Crippen LogP contribution in [0.5, 0.6) is 0 Å². The van der Waals surface area contributed by atoms with E-state index >= 15 is 0 Å². The first-order chi connectivity index (χ1) is 7.70. The smallest absolute Gasteiger partial charge is 0.389 e. The number of rotatable bonds is 4. The van der Waals surface area contributed by atoms with Crippen LogP contribution >= 0.6 is 0 Å². The van der Waals surface area contributed by atoms with E-state index in [9.17, 15) is 18.3 Å². The molecule has 1 aliphatic rings. The Morgan fingerprint density at radius 1 is 1.24 bits per heavy atom. The second kappa shape index (κ2) is 5.57. The van der Waals surface area contributed by atoms with Gasteiger partial charge in [-0.05, 0) is 25.2 Å². The number of hydrogen-bond donors (Lipinski definition) is 1. The van der Waals surface area contributed by atoms with Gasteiger partial charge in [-0.2, -0.15) is 13.2 Å². The molecular formula is C12H22F3NO. The molecule has 0 aromatic heterocycles. The Balaban J connectivity index is 2.33. The monoisotopic (exact) mass is 253 g/mol. The second-order valence-corrected chi connectivity index (χ2v) is 5.53. The minimum Gasteiger partial charge on any atom is -0.390 e. The van der Waals surface area contributed by atoms with Crippen molar-refractivity contribution in [3.05, 3.63) is 0 Å². The number of hydrogen-bond acceptors (Lipinski definition) is 2. The van der Waals surface area contributed by atoms with E-state index < -0.39 is 18.2 Å². The first-order valence-electron chi connectivity index (χ1n) is 6.22. The third-order valence-corrected chi connectivity index (χ3v) is 3.28. The van der Waals surface area contributed by atoms with Crippen LogP contribution in [0.2, 0.25) is 0 Å². The van der Waals surface area contributed by atoms with Crippen molar-refractivity contribution in [2.24, 2.45) is 5.92 Å². The number of nitrogens with zero attached hydrogens (tertiary/aromatic N) is 1. The summed E-state index contributed by atoms with van der Waals surface area (Å²) in [5.41, 5.74) is -1.11. The van der Waals surface area contributed by atoms with Crippen LogP contribution in [0.4, 0.5) is 13.2 Å². The quantitative estimate of drug-likeness (QED) is 0.832. The van der Waals surface area contributed by atoms with Crippen LogP contribution in [-0.2, 0) is 0 Å². The van der Waals surface area contributed by atoms with Crippen LogP contribution in [0.25, 0.3) is 0 Å². The van der Waals surface area contributed by atoms with Gasteiger partial charge in [-0.25, -0.2) is 0 Å². The lowest BCUT2D eigenvalue weighted by Gasteiger charge is -2.39. The number of aliphatic hydroxyl groups is 1. The van der Waals surface area contributed by atoms with Crippen LogP contribution in [0.15, 0.2) is 0 Å². The highest BCUT2D eigenvalue weighted by molar-refractivity contribution is 4.86. The Kier molecular flexibility index (Phi) is 4.84. The topological polar surface area (TPSA) is 23.5 Å². The molecule has 1 N–H and O–H groups in total. The maximum Gasteiger partial charge on any atom is 0.389 e. The highest BCUT2D eigenvalue weighted by Crippen LogP contribution is 2.32. The average Bonchev–Trinajstić information content (AvgIpc) is 2.18. The normalized spacial score (nSPS) is 22.1. The highest BCUT2D eigenvalue weighted by Gasteiger charge is 2.37. The molecule has 1 rings (SSSR count). The number of piperidine rings is 1. The van der Waals surface area contributed by atoms with Crippen molar-refractivity contribution in [2.75, 3.05) is 19.6 Å². The fourth-order valence-corrected chi connectivity index (χ4v) is 2.29. The standard InChI is InChI=1S/C12H22F3NO/c1-10(2)9-16-7-5-11(17,6-8-16)3-4-12(13,14)15/h10,17H,3-9H2,1-2H3. The molecule has 0 saturated carbocycles. The van der Waals surface area contributed by atoms with Crippen LogP contribution in [0.1, 0.15) is 39.5 Å². The summed E-state index contributed by atoms with van der Waals surface area (Å²) in [6.45, 7) is 6.59. The minimum absolute atomic E-state index is 0.161. The van der Waals surface area contributed by atoms with Crippen LogP contribution < -0.4 is 0 Å². The van der Waals surface area contributed by atoms with Gasteiger partial charge < -0.3 is 10.0 Å². The van der Waals surface area contributed by atoms with Gasteiger partial charge in [0, 0.05) is 26.1 Å². The van der Waals surface area contributed by atoms with Crippen molar-refractivity contribution >= 4 is 0 Å². The van der Waals surface area contributed by atoms with Gasteiger partial charge in [0.05, 0.1) is 5.60 Å². The first-order valence-corrected chi connectivity index (χ1v) is 6.22. The maximum absolute atomic E-state index is 12.1. The Morgan fingerprint density at radius 2 is 1.76 bits per heavy atom. The Bertz CT molecular complexity index is 232. The lowest BCUT2D eigenvalue weighted by atomic mass is 9.86. The van der Waals surface area contributed by atoms with Crippen molar-refractivity contribution < 1.29 is 18.3 Å². The molecule has 102 valence electrons. The van der Waals surface area contributed by atoms with E-state index in [0.29, 0.717) is 31.8 Å². The fraction of sp³-hybridized carbons (Fsp3) is 1.00. The Labute approximate surface area is 101 Å². The van der Waals surface area contributed by atoms with E-state index in [0.717, 1.165) is 6.54 Å². The molecule has 0 aromatic rings. The summed E-state index contributed by atoms with van der Waals surface area (Å²) < 4.78 is 36.3. The van der Waals surface area contributed by atoms with Crippen molar-refractivity contribution in [2.45, 2.75) is 51.3 Å². The molecule has 0 unspecified atom stereocenters. The summed E-state index contributed by atoms with van der Waals surface area (Å²) >= 11 is 0. The van der Waals surface area contributed by atoms with Gasteiger partial charge in [0.25, 0.3) is 0 Å². The van der Waals surface area contributed by atoms with E-state index in [1.54, 1.807) is 0 Å². The molecule has 1 saturated heterocycles. The second-order valence-electron chi connectivity index (χ2n) is 5.53. The number of halogens is 3. The molecule has 0 aliphatic carbocycles. The largest absolute Gasteiger partial charge is 0.390 e. The molecule has 0 spiro atoms. The Morgan fingerprint density at radius 3 is 2.18 bits per heavy atom. The summed E-state index contributed by atoms with van der Waals surface area (Å²) in [7, 11) is 0. The molecule has 0 amide bonds. The molecule has 5 heteroatoms. The van der Waals surface area contributed by atoms with Crippen molar-refractivity contribution in [1.29, 1.82) is 0 Å². The molecule has 2 nitrogen and oxygen atoms in total. The molecule has 0 bridgehead atoms. The fourth-order valence-electron chi connectivity index (χ4n) is 2.29. The number of likely N-dealkylation sites (tertiary alicyclic amines) is 1. The molecular weight excluding hydrogens is 231 g/mol. The zero-order valence-corrected chi connectivity index (χ0v) is 10.6. The lowest BCUT2D eigenvalue weighted by Crippen LogP contribution is -2.45. The summed E-state index contributed by atoms with van der Waals surface area (Å²) in [5.74, 6) is 0.552. The van der Waals surface area contributed by atoms with Gasteiger partial charge >= 0.3 is 6.18 Å². The predicted octanol–water partition coefficient (Wildman–Crippen LogP) is 2.81. The Hall–Kier alpha value is -0.290. The molecule has 0 atom stereocenters. The van der Waals surface area contributed by atoms with Crippen molar-refractivity contribution in [3.8, 4) is 0 Å². The molecule has 0 radical (unpaired) electrons. The van der Waals surface area contributed by atoms with Gasteiger partial charge in [0.15, 0.2) is 0 Å².